The molecule has 0 aromatic rings. The van der Waals surface area contributed by atoms with Gasteiger partial charge in [0, 0.05) is 19.3 Å². The summed E-state index contributed by atoms with van der Waals surface area (Å²) >= 11 is 0. The lowest BCUT2D eigenvalue weighted by Crippen LogP contribution is -2.30. The lowest BCUT2D eigenvalue weighted by atomic mass is 10.1. The molecule has 0 N–H and O–H groups in total. The molecular formula is C59H104O6. The van der Waals surface area contributed by atoms with Gasteiger partial charge in [-0.2, -0.15) is 0 Å². The molecule has 0 saturated heterocycles. The second kappa shape index (κ2) is 53.7. The third-order valence-corrected chi connectivity index (χ3v) is 12.0. The van der Waals surface area contributed by atoms with Crippen LogP contribution in [0.25, 0.3) is 0 Å². The van der Waals surface area contributed by atoms with Gasteiger partial charge < -0.3 is 14.2 Å². The zero-order valence-corrected chi connectivity index (χ0v) is 43.0. The smallest absolute Gasteiger partial charge is 0.306 e. The first-order valence-electron chi connectivity index (χ1n) is 27.8. The fourth-order valence-corrected chi connectivity index (χ4v) is 7.86. The molecule has 6 nitrogen and oxygen atoms in total. The Bertz CT molecular complexity index is 1180. The van der Waals surface area contributed by atoms with Gasteiger partial charge >= 0.3 is 17.9 Å². The minimum absolute atomic E-state index is 0.0752. The minimum Gasteiger partial charge on any atom is -0.462 e. The first kappa shape index (κ1) is 62.1. The molecule has 6 heteroatoms. The summed E-state index contributed by atoms with van der Waals surface area (Å²) in [6.07, 6.45) is 66.4. The summed E-state index contributed by atoms with van der Waals surface area (Å²) in [6.45, 7) is 6.50. The van der Waals surface area contributed by atoms with Gasteiger partial charge in [0.05, 0.1) is 0 Å². The van der Waals surface area contributed by atoms with Crippen LogP contribution in [0.3, 0.4) is 0 Å². The van der Waals surface area contributed by atoms with E-state index >= 15 is 0 Å². The van der Waals surface area contributed by atoms with Crippen LogP contribution < -0.4 is 0 Å². The Morgan fingerprint density at radius 1 is 0.338 bits per heavy atom. The lowest BCUT2D eigenvalue weighted by Gasteiger charge is -2.18. The topological polar surface area (TPSA) is 78.9 Å². The van der Waals surface area contributed by atoms with E-state index in [4.69, 9.17) is 14.2 Å². The maximum atomic E-state index is 12.8. The molecule has 0 amide bonds. The quantitative estimate of drug-likeness (QED) is 0.0199. The SMILES string of the molecule is CC/C=C\C/C=C\C/C=C\CCCCCCCCCCCC(=O)OCC(COC(=O)CCCCCCCCCCC)OC(=O)CCCCCCCCCCCC/C=C\C=C/CCCCC. The molecule has 0 radical (unpaired) electrons. The van der Waals surface area contributed by atoms with Gasteiger partial charge in [-0.3, -0.25) is 14.4 Å². The average molecular weight is 909 g/mol. The first-order chi connectivity index (χ1) is 32.0. The predicted molar refractivity (Wildman–Crippen MR) is 279 cm³/mol. The van der Waals surface area contributed by atoms with Crippen molar-refractivity contribution in [3.8, 4) is 0 Å². The molecule has 1 unspecified atom stereocenters. The standard InChI is InChI=1S/C59H104O6/c1-4-7-10-13-16-19-21-23-25-27-29-31-33-35-37-40-43-46-49-52-58(61)64-55-56(54-63-57(60)51-48-45-42-39-18-15-12-9-6-3)65-59(62)53-50-47-44-41-38-36-34-32-30-28-26-24-22-20-17-14-11-8-5-2/h7,10,16-17,19-20,22-25,56H,4-6,8-9,11-15,18,21,26-55H2,1-3H3/b10-7-,19-16-,20-17-,24-22-,25-23-. The van der Waals surface area contributed by atoms with Crippen molar-refractivity contribution >= 4 is 17.9 Å². The molecule has 0 aromatic carbocycles. The fourth-order valence-electron chi connectivity index (χ4n) is 7.86. The second-order valence-corrected chi connectivity index (χ2v) is 18.5. The van der Waals surface area contributed by atoms with Crippen molar-refractivity contribution in [3.05, 3.63) is 60.8 Å². The van der Waals surface area contributed by atoms with Crippen LogP contribution >= 0.6 is 0 Å². The van der Waals surface area contributed by atoms with Gasteiger partial charge in [-0.1, -0.05) is 242 Å². The Labute approximate surface area is 402 Å². The molecule has 0 aliphatic heterocycles. The van der Waals surface area contributed by atoms with Gasteiger partial charge in [0.2, 0.25) is 0 Å². The van der Waals surface area contributed by atoms with E-state index in [9.17, 15) is 14.4 Å². The minimum atomic E-state index is -0.775. The van der Waals surface area contributed by atoms with Crippen LogP contribution in [-0.2, 0) is 28.6 Å². The van der Waals surface area contributed by atoms with Crippen LogP contribution in [0.4, 0.5) is 0 Å². The van der Waals surface area contributed by atoms with Crippen molar-refractivity contribution in [1.29, 1.82) is 0 Å². The number of esters is 3. The molecular weight excluding hydrogens is 805 g/mol. The molecule has 65 heavy (non-hydrogen) atoms. The third kappa shape index (κ3) is 51.9. The van der Waals surface area contributed by atoms with E-state index in [1.54, 1.807) is 0 Å². The second-order valence-electron chi connectivity index (χ2n) is 18.5. The number of rotatable bonds is 50. The van der Waals surface area contributed by atoms with E-state index in [2.05, 4.69) is 81.5 Å². The van der Waals surface area contributed by atoms with Gasteiger partial charge in [0.25, 0.3) is 0 Å². The van der Waals surface area contributed by atoms with E-state index in [0.717, 1.165) is 77.0 Å². The highest BCUT2D eigenvalue weighted by Crippen LogP contribution is 2.16. The summed E-state index contributed by atoms with van der Waals surface area (Å²) < 4.78 is 16.8. The van der Waals surface area contributed by atoms with E-state index in [1.807, 2.05) is 0 Å². The summed E-state index contributed by atoms with van der Waals surface area (Å²) in [4.78, 5) is 38.0. The maximum absolute atomic E-state index is 12.8. The van der Waals surface area contributed by atoms with E-state index in [0.29, 0.717) is 19.3 Å². The van der Waals surface area contributed by atoms with Crippen LogP contribution in [0.1, 0.15) is 278 Å². The van der Waals surface area contributed by atoms with Crippen molar-refractivity contribution < 1.29 is 28.6 Å². The number of ether oxygens (including phenoxy) is 3. The maximum Gasteiger partial charge on any atom is 0.306 e. The number of carbonyl (C=O) groups is 3. The molecule has 0 aliphatic carbocycles. The molecule has 0 rings (SSSR count). The summed E-state index contributed by atoms with van der Waals surface area (Å²) in [6, 6.07) is 0. The summed E-state index contributed by atoms with van der Waals surface area (Å²) in [5, 5.41) is 0. The molecule has 0 aromatic heterocycles. The molecule has 0 spiro atoms. The largest absolute Gasteiger partial charge is 0.462 e. The van der Waals surface area contributed by atoms with Gasteiger partial charge in [-0.15, -0.1) is 0 Å². The number of carbonyl (C=O) groups excluding carboxylic acids is 3. The van der Waals surface area contributed by atoms with Gasteiger partial charge in [-0.05, 0) is 77.0 Å². The Morgan fingerprint density at radius 2 is 0.646 bits per heavy atom. The predicted octanol–water partition coefficient (Wildman–Crippen LogP) is 18.4. The highest BCUT2D eigenvalue weighted by Gasteiger charge is 2.19. The molecule has 0 saturated carbocycles. The first-order valence-corrected chi connectivity index (χ1v) is 27.8. The highest BCUT2D eigenvalue weighted by atomic mass is 16.6. The molecule has 0 bridgehead atoms. The average Bonchev–Trinajstić information content (AvgIpc) is 3.30. The van der Waals surface area contributed by atoms with Gasteiger partial charge in [-0.25, -0.2) is 0 Å². The third-order valence-electron chi connectivity index (χ3n) is 12.0. The lowest BCUT2D eigenvalue weighted by molar-refractivity contribution is -0.167. The van der Waals surface area contributed by atoms with E-state index in [-0.39, 0.29) is 31.1 Å². The van der Waals surface area contributed by atoms with Crippen molar-refractivity contribution in [2.75, 3.05) is 13.2 Å². The fraction of sp³-hybridized carbons (Fsp3) is 0.780. The monoisotopic (exact) mass is 909 g/mol. The number of hydrogen-bond donors (Lipinski definition) is 0. The van der Waals surface area contributed by atoms with Crippen LogP contribution in [0.15, 0.2) is 60.8 Å². The van der Waals surface area contributed by atoms with E-state index in [1.165, 1.54) is 161 Å². The Hall–Kier alpha value is -2.89. The Kier molecular flexibility index (Phi) is 51.3. The van der Waals surface area contributed by atoms with Crippen LogP contribution in [0, 0.1) is 0 Å². The zero-order chi connectivity index (χ0) is 47.2. The molecule has 0 fully saturated rings. The molecule has 1 atom stereocenters. The van der Waals surface area contributed by atoms with Crippen LogP contribution in [0.2, 0.25) is 0 Å². The molecule has 0 heterocycles. The van der Waals surface area contributed by atoms with E-state index < -0.39 is 6.10 Å². The summed E-state index contributed by atoms with van der Waals surface area (Å²) in [7, 11) is 0. The Morgan fingerprint density at radius 3 is 1.06 bits per heavy atom. The van der Waals surface area contributed by atoms with Crippen molar-refractivity contribution in [2.45, 2.75) is 284 Å². The van der Waals surface area contributed by atoms with Crippen molar-refractivity contribution in [3.63, 3.8) is 0 Å². The summed E-state index contributed by atoms with van der Waals surface area (Å²) in [5.74, 6) is -0.878. The highest BCUT2D eigenvalue weighted by molar-refractivity contribution is 5.71. The van der Waals surface area contributed by atoms with Crippen LogP contribution in [0.5, 0.6) is 0 Å². The normalized spacial score (nSPS) is 12.5. The van der Waals surface area contributed by atoms with Crippen LogP contribution in [-0.4, -0.2) is 37.2 Å². The number of hydrogen-bond acceptors (Lipinski definition) is 6. The zero-order valence-electron chi connectivity index (χ0n) is 43.0. The molecule has 376 valence electrons. The Balaban J connectivity index is 4.28. The van der Waals surface area contributed by atoms with Crippen molar-refractivity contribution in [1.82, 2.24) is 0 Å². The van der Waals surface area contributed by atoms with Gasteiger partial charge in [0.1, 0.15) is 13.2 Å². The summed E-state index contributed by atoms with van der Waals surface area (Å²) in [5.41, 5.74) is 0. The van der Waals surface area contributed by atoms with Crippen molar-refractivity contribution in [2.24, 2.45) is 0 Å². The van der Waals surface area contributed by atoms with Gasteiger partial charge in [0.15, 0.2) is 6.10 Å². The number of allylic oxidation sites excluding steroid dienone is 10. The molecule has 0 aliphatic rings. The number of unbranched alkanes of at least 4 members (excludes halogenated alkanes) is 30.